The quantitative estimate of drug-likeness (QED) is 0.298. The number of phenols is 1. The average molecular weight is 344 g/mol. The first-order valence-electron chi connectivity index (χ1n) is 8.38. The molecule has 1 aromatic carbocycles. The lowest BCUT2D eigenvalue weighted by molar-refractivity contribution is 0.475. The molecule has 0 radical (unpaired) electrons. The second-order valence-corrected chi connectivity index (χ2v) is 6.68. The van der Waals surface area contributed by atoms with Crippen LogP contribution in [0.4, 0.5) is 0 Å². The third-order valence-corrected chi connectivity index (χ3v) is 4.49. The summed E-state index contributed by atoms with van der Waals surface area (Å²) < 4.78 is 0. The van der Waals surface area contributed by atoms with Crippen molar-refractivity contribution in [2.75, 3.05) is 0 Å². The molecule has 1 atom stereocenters. The Morgan fingerprint density at radius 3 is 2.38 bits per heavy atom. The van der Waals surface area contributed by atoms with Crippen LogP contribution in [0, 0.1) is 11.3 Å². The number of hydrogen-bond donors (Lipinski definition) is 3. The molecule has 1 rings (SSSR count). The minimum absolute atomic E-state index is 0.242. The van der Waals surface area contributed by atoms with Crippen molar-refractivity contribution in [3.63, 3.8) is 0 Å². The maximum atomic E-state index is 9.30. The van der Waals surface area contributed by atoms with Crippen LogP contribution in [0.1, 0.15) is 46.1 Å². The predicted molar refractivity (Wildman–Crippen MR) is 108 cm³/mol. The number of hydrogen-bond acceptors (Lipinski definition) is 3. The zero-order valence-corrected chi connectivity index (χ0v) is 16.0. The smallest absolute Gasteiger partial charge is 0.115 e. The summed E-state index contributed by atoms with van der Waals surface area (Å²) >= 11 is 4.10. The first-order chi connectivity index (χ1) is 11.3. The van der Waals surface area contributed by atoms with E-state index in [-0.39, 0.29) is 5.92 Å². The molecule has 0 saturated carbocycles. The van der Waals surface area contributed by atoms with Crippen molar-refractivity contribution >= 4 is 18.3 Å². The average Bonchev–Trinajstić information content (AvgIpc) is 2.55. The van der Waals surface area contributed by atoms with Gasteiger partial charge in [-0.05, 0) is 85.8 Å². The Labute approximate surface area is 151 Å². The molecule has 1 aromatic rings. The topological polar surface area (TPSA) is 44.1 Å². The molecule has 0 aliphatic carbocycles. The van der Waals surface area contributed by atoms with Crippen molar-refractivity contribution in [2.24, 2.45) is 5.92 Å². The highest BCUT2D eigenvalue weighted by atomic mass is 32.1. The van der Waals surface area contributed by atoms with E-state index >= 15 is 0 Å². The molecule has 0 bridgehead atoms. The highest BCUT2D eigenvalue weighted by Crippen LogP contribution is 2.18. The second-order valence-electron chi connectivity index (χ2n) is 6.38. The molecule has 1 unspecified atom stereocenters. The summed E-state index contributed by atoms with van der Waals surface area (Å²) in [5.41, 5.74) is 5.29. The first-order valence-corrected chi connectivity index (χ1v) is 8.90. The second kappa shape index (κ2) is 10.2. The lowest BCUT2D eigenvalue weighted by Gasteiger charge is -2.14. The molecule has 2 N–H and O–H groups in total. The molecule has 0 saturated heterocycles. The lowest BCUT2D eigenvalue weighted by atomic mass is 9.92. The Bertz CT molecular complexity index is 638. The summed E-state index contributed by atoms with van der Waals surface area (Å²) in [4.78, 5) is 0. The van der Waals surface area contributed by atoms with Gasteiger partial charge in [-0.2, -0.15) is 12.6 Å². The van der Waals surface area contributed by atoms with E-state index in [9.17, 15) is 5.11 Å². The van der Waals surface area contributed by atoms with Gasteiger partial charge in [0.1, 0.15) is 5.75 Å². The molecule has 0 fully saturated rings. The van der Waals surface area contributed by atoms with Crippen molar-refractivity contribution in [3.05, 3.63) is 64.1 Å². The Morgan fingerprint density at radius 2 is 1.79 bits per heavy atom. The summed E-state index contributed by atoms with van der Waals surface area (Å²) in [6.45, 7) is 8.25. The van der Waals surface area contributed by atoms with Crippen molar-refractivity contribution < 1.29 is 5.11 Å². The molecule has 0 heterocycles. The van der Waals surface area contributed by atoms with E-state index in [0.717, 1.165) is 30.4 Å². The standard InChI is InChI=1S/C21H29NOS/c1-15(12-13-24)17(3)14-18(4)21(22)16(2)6-5-7-19-8-10-20(23)11-9-19/h8-14,16,22-24H,5-7H2,1-4H3/b13-12-,17-15+,18-14+,22-21?. The molecule has 130 valence electrons. The van der Waals surface area contributed by atoms with E-state index in [1.165, 1.54) is 11.1 Å². The van der Waals surface area contributed by atoms with E-state index in [2.05, 4.69) is 39.5 Å². The van der Waals surface area contributed by atoms with Crippen LogP contribution >= 0.6 is 12.6 Å². The van der Waals surface area contributed by atoms with E-state index in [1.54, 1.807) is 17.5 Å². The maximum Gasteiger partial charge on any atom is 0.115 e. The van der Waals surface area contributed by atoms with Crippen LogP contribution in [0.5, 0.6) is 5.75 Å². The fourth-order valence-electron chi connectivity index (χ4n) is 2.57. The van der Waals surface area contributed by atoms with Gasteiger partial charge in [0.25, 0.3) is 0 Å². The van der Waals surface area contributed by atoms with Gasteiger partial charge < -0.3 is 10.5 Å². The van der Waals surface area contributed by atoms with Crippen molar-refractivity contribution in [3.8, 4) is 5.75 Å². The van der Waals surface area contributed by atoms with Crippen LogP contribution in [-0.4, -0.2) is 10.8 Å². The summed E-state index contributed by atoms with van der Waals surface area (Å²) in [5, 5.41) is 19.4. The predicted octanol–water partition coefficient (Wildman–Crippen LogP) is 6.10. The molecule has 0 amide bonds. The van der Waals surface area contributed by atoms with Gasteiger partial charge in [-0.1, -0.05) is 31.2 Å². The third-order valence-electron chi connectivity index (χ3n) is 4.34. The lowest BCUT2D eigenvalue weighted by Crippen LogP contribution is -2.11. The van der Waals surface area contributed by atoms with Crippen LogP contribution in [0.3, 0.4) is 0 Å². The van der Waals surface area contributed by atoms with Gasteiger partial charge >= 0.3 is 0 Å². The highest BCUT2D eigenvalue weighted by molar-refractivity contribution is 7.83. The first kappa shape index (κ1) is 20.3. The molecule has 0 aliphatic heterocycles. The monoisotopic (exact) mass is 343 g/mol. The van der Waals surface area contributed by atoms with Crippen LogP contribution < -0.4 is 0 Å². The largest absolute Gasteiger partial charge is 0.508 e. The fraction of sp³-hybridized carbons (Fsp3) is 0.381. The van der Waals surface area contributed by atoms with Crippen LogP contribution in [-0.2, 0) is 6.42 Å². The molecule has 0 aromatic heterocycles. The van der Waals surface area contributed by atoms with Gasteiger partial charge in [-0.25, -0.2) is 0 Å². The summed E-state index contributed by atoms with van der Waals surface area (Å²) in [6.07, 6.45) is 7.06. The minimum atomic E-state index is 0.242. The summed E-state index contributed by atoms with van der Waals surface area (Å²) in [5.74, 6) is 0.549. The molecular weight excluding hydrogens is 314 g/mol. The normalized spacial score (nSPS) is 14.6. The van der Waals surface area contributed by atoms with E-state index in [4.69, 9.17) is 5.41 Å². The Morgan fingerprint density at radius 1 is 1.17 bits per heavy atom. The van der Waals surface area contributed by atoms with Gasteiger partial charge in [0.05, 0.1) is 0 Å². The van der Waals surface area contributed by atoms with Crippen LogP contribution in [0.2, 0.25) is 0 Å². The number of aromatic hydroxyl groups is 1. The summed E-state index contributed by atoms with van der Waals surface area (Å²) in [7, 11) is 0. The number of nitrogens with one attached hydrogen (secondary N) is 1. The zero-order valence-electron chi connectivity index (χ0n) is 15.1. The van der Waals surface area contributed by atoms with Crippen molar-refractivity contribution in [2.45, 2.75) is 47.0 Å². The molecule has 0 spiro atoms. The zero-order chi connectivity index (χ0) is 18.1. The number of rotatable bonds is 8. The van der Waals surface area contributed by atoms with E-state index in [0.29, 0.717) is 11.5 Å². The molecule has 0 aliphatic rings. The number of allylic oxidation sites excluding steroid dienone is 5. The Balaban J connectivity index is 2.57. The molecular formula is C21H29NOS. The highest BCUT2D eigenvalue weighted by Gasteiger charge is 2.11. The van der Waals surface area contributed by atoms with Crippen molar-refractivity contribution in [1.29, 1.82) is 5.41 Å². The number of benzene rings is 1. The van der Waals surface area contributed by atoms with Gasteiger partial charge in [0, 0.05) is 5.71 Å². The maximum absolute atomic E-state index is 9.30. The number of aryl methyl sites for hydroxylation is 1. The van der Waals surface area contributed by atoms with Gasteiger partial charge in [0.2, 0.25) is 0 Å². The van der Waals surface area contributed by atoms with E-state index < -0.39 is 0 Å². The molecule has 3 heteroatoms. The van der Waals surface area contributed by atoms with E-state index in [1.807, 2.05) is 25.1 Å². The van der Waals surface area contributed by atoms with Gasteiger partial charge in [-0.3, -0.25) is 0 Å². The number of thiol groups is 1. The Kier molecular flexibility index (Phi) is 8.62. The molecule has 24 heavy (non-hydrogen) atoms. The van der Waals surface area contributed by atoms with Crippen LogP contribution in [0.15, 0.2) is 58.5 Å². The third kappa shape index (κ3) is 6.79. The minimum Gasteiger partial charge on any atom is -0.508 e. The number of phenolic OH excluding ortho intramolecular Hbond substituents is 1. The fourth-order valence-corrected chi connectivity index (χ4v) is 2.79. The van der Waals surface area contributed by atoms with Crippen LogP contribution in [0.25, 0.3) is 0 Å². The van der Waals surface area contributed by atoms with Crippen molar-refractivity contribution in [1.82, 2.24) is 0 Å². The Hall–Kier alpha value is -1.74. The SMILES string of the molecule is C\C(=C/C(C)=C(C)/C=C\S)C(=N)C(C)CCCc1ccc(O)cc1. The molecule has 2 nitrogen and oxygen atoms in total. The van der Waals surface area contributed by atoms with Gasteiger partial charge in [-0.15, -0.1) is 0 Å². The summed E-state index contributed by atoms with van der Waals surface area (Å²) in [6, 6.07) is 7.37. The van der Waals surface area contributed by atoms with Gasteiger partial charge in [0.15, 0.2) is 0 Å².